The van der Waals surface area contributed by atoms with E-state index in [9.17, 15) is 4.21 Å². The van der Waals surface area contributed by atoms with Gasteiger partial charge in [-0.15, -0.1) is 0 Å². The van der Waals surface area contributed by atoms with E-state index in [0.29, 0.717) is 4.90 Å². The topological polar surface area (TPSA) is 58.9 Å². The molecule has 0 bridgehead atoms. The molecule has 0 amide bonds. The third-order valence-corrected chi connectivity index (χ3v) is 3.01. The summed E-state index contributed by atoms with van der Waals surface area (Å²) in [6.07, 6.45) is 1.79. The van der Waals surface area contributed by atoms with Gasteiger partial charge in [0.1, 0.15) is 0 Å². The molecule has 1 aromatic carbocycles. The normalized spacial score (nSPS) is 15.8. The van der Waals surface area contributed by atoms with Gasteiger partial charge in [0.25, 0.3) is 0 Å². The molecule has 1 unspecified atom stereocenters. The van der Waals surface area contributed by atoms with Crippen molar-refractivity contribution >= 4 is 26.5 Å². The van der Waals surface area contributed by atoms with Crippen molar-refractivity contribution in [3.05, 3.63) is 30.5 Å². The lowest BCUT2D eigenvalue weighted by Crippen LogP contribution is -2.12. The zero-order chi connectivity index (χ0) is 9.47. The lowest BCUT2D eigenvalue weighted by atomic mass is 10.2. The highest BCUT2D eigenvalue weighted by Gasteiger charge is 2.06. The van der Waals surface area contributed by atoms with E-state index in [1.165, 1.54) is 0 Å². The van der Waals surface area contributed by atoms with Gasteiger partial charge in [-0.2, -0.15) is 0 Å². The van der Waals surface area contributed by atoms with Crippen LogP contribution < -0.4 is 5.14 Å². The molecule has 1 atom stereocenters. The van der Waals surface area contributed by atoms with Gasteiger partial charge in [0.05, 0.1) is 20.1 Å². The molecule has 3 N–H and O–H groups in total. The standard InChI is InChI=1S/C9H10N2OS/c1-13(10,12)8-4-2-3-7-5-6-11-9(7)8/h2-6,11H,1H2,(H2,10,12). The van der Waals surface area contributed by atoms with Gasteiger partial charge in [0.15, 0.2) is 0 Å². The van der Waals surface area contributed by atoms with Crippen LogP contribution in [0.15, 0.2) is 35.4 Å². The average molecular weight is 194 g/mol. The second kappa shape index (κ2) is 2.61. The Morgan fingerprint density at radius 3 is 2.85 bits per heavy atom. The molecule has 0 saturated heterocycles. The predicted octanol–water partition coefficient (Wildman–Crippen LogP) is 1.12. The summed E-state index contributed by atoms with van der Waals surface area (Å²) in [5, 5.41) is 6.48. The number of aromatic amines is 1. The number of nitrogens with one attached hydrogen (secondary N) is 1. The van der Waals surface area contributed by atoms with Crippen molar-refractivity contribution < 1.29 is 4.21 Å². The first kappa shape index (κ1) is 8.34. The van der Waals surface area contributed by atoms with Crippen LogP contribution in [0, 0.1) is 0 Å². The molecule has 2 rings (SSSR count). The number of hydrogen-bond donors (Lipinski definition) is 2. The number of benzene rings is 1. The van der Waals surface area contributed by atoms with E-state index in [1.54, 1.807) is 12.3 Å². The van der Waals surface area contributed by atoms with E-state index >= 15 is 0 Å². The molecule has 68 valence electrons. The Kier molecular flexibility index (Phi) is 1.68. The molecule has 0 radical (unpaired) electrons. The average Bonchev–Trinajstić information content (AvgIpc) is 2.48. The van der Waals surface area contributed by atoms with Crippen LogP contribution in [0.2, 0.25) is 0 Å². The molecular weight excluding hydrogens is 184 g/mol. The highest BCUT2D eigenvalue weighted by Crippen LogP contribution is 2.19. The minimum absolute atomic E-state index is 0.579. The number of rotatable bonds is 1. The number of aromatic nitrogens is 1. The third kappa shape index (κ3) is 1.34. The van der Waals surface area contributed by atoms with E-state index < -0.39 is 9.71 Å². The van der Waals surface area contributed by atoms with Crippen LogP contribution in [0.4, 0.5) is 0 Å². The van der Waals surface area contributed by atoms with Crippen LogP contribution in [0.25, 0.3) is 10.9 Å². The molecule has 1 heterocycles. The number of para-hydroxylation sites is 1. The van der Waals surface area contributed by atoms with Crippen LogP contribution in [0.1, 0.15) is 0 Å². The van der Waals surface area contributed by atoms with Crippen molar-refractivity contribution in [1.29, 1.82) is 0 Å². The summed E-state index contributed by atoms with van der Waals surface area (Å²) in [6.45, 7) is 0. The smallest absolute Gasteiger partial charge is 0.0683 e. The highest BCUT2D eigenvalue weighted by molar-refractivity contribution is 7.98. The van der Waals surface area contributed by atoms with E-state index in [4.69, 9.17) is 5.14 Å². The fraction of sp³-hybridized carbons (Fsp3) is 0. The molecule has 0 saturated carbocycles. The largest absolute Gasteiger partial charge is 0.360 e. The molecule has 4 heteroatoms. The first-order valence-electron chi connectivity index (χ1n) is 3.80. The highest BCUT2D eigenvalue weighted by atomic mass is 32.2. The minimum atomic E-state index is -2.63. The van der Waals surface area contributed by atoms with Gasteiger partial charge in [-0.25, -0.2) is 4.21 Å². The van der Waals surface area contributed by atoms with Gasteiger partial charge in [0, 0.05) is 11.6 Å². The van der Waals surface area contributed by atoms with Crippen molar-refractivity contribution in [3.8, 4) is 0 Å². The second-order valence-corrected chi connectivity index (χ2v) is 4.82. The van der Waals surface area contributed by atoms with E-state index in [1.807, 2.05) is 18.2 Å². The molecular formula is C9H10N2OS. The zero-order valence-corrected chi connectivity index (χ0v) is 7.80. The van der Waals surface area contributed by atoms with Crippen molar-refractivity contribution in [3.63, 3.8) is 0 Å². The maximum atomic E-state index is 11.5. The van der Waals surface area contributed by atoms with E-state index in [-0.39, 0.29) is 0 Å². The SMILES string of the molecule is C=S(N)(=O)c1cccc2cc[nH]c12. The minimum Gasteiger partial charge on any atom is -0.360 e. The number of nitrogens with two attached hydrogens (primary N) is 1. The Hall–Kier alpha value is -1.26. The Labute approximate surface area is 76.7 Å². The van der Waals surface area contributed by atoms with Crippen molar-refractivity contribution in [1.82, 2.24) is 4.98 Å². The van der Waals surface area contributed by atoms with E-state index in [0.717, 1.165) is 10.9 Å². The van der Waals surface area contributed by atoms with Crippen LogP contribution in [0.5, 0.6) is 0 Å². The van der Waals surface area contributed by atoms with Crippen LogP contribution >= 0.6 is 0 Å². The third-order valence-electron chi connectivity index (χ3n) is 1.92. The molecule has 0 aliphatic rings. The van der Waals surface area contributed by atoms with Crippen molar-refractivity contribution in [2.24, 2.45) is 5.14 Å². The number of H-pyrrole nitrogens is 1. The van der Waals surface area contributed by atoms with Crippen molar-refractivity contribution in [2.75, 3.05) is 0 Å². The van der Waals surface area contributed by atoms with E-state index in [2.05, 4.69) is 10.9 Å². The van der Waals surface area contributed by atoms with Gasteiger partial charge in [-0.05, 0) is 18.0 Å². The summed E-state index contributed by atoms with van der Waals surface area (Å²) < 4.78 is 11.5. The second-order valence-electron chi connectivity index (χ2n) is 2.92. The quantitative estimate of drug-likeness (QED) is 0.656. The Morgan fingerprint density at radius 1 is 1.38 bits per heavy atom. The number of fused-ring (bicyclic) bond motifs is 1. The van der Waals surface area contributed by atoms with Crippen LogP contribution in [-0.4, -0.2) is 15.1 Å². The zero-order valence-electron chi connectivity index (χ0n) is 6.99. The molecule has 0 spiro atoms. The lowest BCUT2D eigenvalue weighted by molar-refractivity contribution is 0.683. The maximum Gasteiger partial charge on any atom is 0.0683 e. The summed E-state index contributed by atoms with van der Waals surface area (Å²) in [5.74, 6) is 3.46. The summed E-state index contributed by atoms with van der Waals surface area (Å²) in [4.78, 5) is 3.57. The number of hydrogen-bond acceptors (Lipinski definition) is 1. The molecule has 2 aromatic rings. The molecule has 13 heavy (non-hydrogen) atoms. The molecule has 0 fully saturated rings. The predicted molar refractivity (Wildman–Crippen MR) is 56.0 cm³/mol. The lowest BCUT2D eigenvalue weighted by Gasteiger charge is -2.03. The van der Waals surface area contributed by atoms with Gasteiger partial charge < -0.3 is 4.98 Å². The fourth-order valence-corrected chi connectivity index (χ4v) is 2.18. The van der Waals surface area contributed by atoms with Gasteiger partial charge in [-0.1, -0.05) is 12.1 Å². The summed E-state index contributed by atoms with van der Waals surface area (Å²) in [7, 11) is -2.63. The van der Waals surface area contributed by atoms with Gasteiger partial charge in [0.2, 0.25) is 0 Å². The Bertz CT molecular complexity index is 539. The maximum absolute atomic E-state index is 11.5. The van der Waals surface area contributed by atoms with Crippen LogP contribution in [-0.2, 0) is 9.71 Å². The first-order chi connectivity index (χ1) is 6.09. The molecule has 0 aliphatic carbocycles. The first-order valence-corrected chi connectivity index (χ1v) is 5.59. The molecule has 0 aliphatic heterocycles. The Balaban J connectivity index is 2.91. The Morgan fingerprint density at radius 2 is 2.15 bits per heavy atom. The monoisotopic (exact) mass is 194 g/mol. The van der Waals surface area contributed by atoms with Gasteiger partial charge in [-0.3, -0.25) is 5.14 Å². The molecule has 1 aromatic heterocycles. The van der Waals surface area contributed by atoms with Crippen LogP contribution in [0.3, 0.4) is 0 Å². The van der Waals surface area contributed by atoms with Crippen molar-refractivity contribution in [2.45, 2.75) is 4.90 Å². The van der Waals surface area contributed by atoms with Gasteiger partial charge >= 0.3 is 0 Å². The summed E-state index contributed by atoms with van der Waals surface area (Å²) in [6, 6.07) is 7.39. The summed E-state index contributed by atoms with van der Waals surface area (Å²) in [5.41, 5.74) is 0.810. The molecule has 3 nitrogen and oxygen atoms in total. The summed E-state index contributed by atoms with van der Waals surface area (Å²) >= 11 is 0. The fourth-order valence-electron chi connectivity index (χ4n) is 1.34.